The highest BCUT2D eigenvalue weighted by molar-refractivity contribution is 7.45. The van der Waals surface area contributed by atoms with Crippen LogP contribution in [0.4, 0.5) is 0 Å². The van der Waals surface area contributed by atoms with E-state index in [1.807, 2.05) is 4.98 Å². The predicted molar refractivity (Wildman–Crippen MR) is 78.2 cm³/mol. The summed E-state index contributed by atoms with van der Waals surface area (Å²) < 4.78 is 15.4. The lowest BCUT2D eigenvalue weighted by molar-refractivity contribution is -0.0511. The second kappa shape index (κ2) is 7.15. The van der Waals surface area contributed by atoms with Crippen LogP contribution in [0.25, 0.3) is 11.2 Å². The van der Waals surface area contributed by atoms with E-state index in [-0.39, 0.29) is 11.2 Å². The number of rotatable bonds is 2. The Morgan fingerprint density at radius 3 is 2.32 bits per heavy atom. The maximum atomic E-state index is 11.6. The number of aliphatic hydroxyl groups is 3. The molecule has 0 saturated carbocycles. The second-order valence-electron chi connectivity index (χ2n) is 5.00. The first-order valence-corrected chi connectivity index (χ1v) is 8.19. The molecule has 2 aromatic rings. The molecule has 0 aliphatic carbocycles. The largest absolute Gasteiger partial charge is 0.466 e. The van der Waals surface area contributed by atoms with Crippen molar-refractivity contribution in [1.82, 2.24) is 19.5 Å². The summed E-state index contributed by atoms with van der Waals surface area (Å²) in [5.74, 6) is 0. The topological polar surface area (TPSA) is 231 Å². The van der Waals surface area contributed by atoms with Crippen LogP contribution in [-0.2, 0) is 9.30 Å². The minimum Gasteiger partial charge on any atom is -0.394 e. The standard InChI is InChI=1S/C10H12N4O6.H3O4P/c15-1-3-5(16)6(17)9(20-3)14-2-11-4-7(14)12-10(19)13-8(4)18;1-5(2,3)4/h2-3,5-6,9,15-17H,1H2,(H2,12,13,18,19);(H3,1,2,3,4)/t3-,5-,6-,9-;/m1./s1. The number of hydrogen-bond donors (Lipinski definition) is 8. The molecule has 0 spiro atoms. The van der Waals surface area contributed by atoms with Crippen molar-refractivity contribution in [3.8, 4) is 0 Å². The molecule has 3 rings (SSSR count). The summed E-state index contributed by atoms with van der Waals surface area (Å²) >= 11 is 0. The fourth-order valence-corrected chi connectivity index (χ4v) is 2.25. The van der Waals surface area contributed by atoms with Gasteiger partial charge in [0.15, 0.2) is 11.7 Å². The molecule has 14 nitrogen and oxygen atoms in total. The molecule has 1 aliphatic rings. The third kappa shape index (κ3) is 4.39. The van der Waals surface area contributed by atoms with E-state index in [1.54, 1.807) is 0 Å². The first-order chi connectivity index (χ1) is 11.5. The third-order valence-corrected chi connectivity index (χ3v) is 3.26. The van der Waals surface area contributed by atoms with Crippen LogP contribution < -0.4 is 11.2 Å². The van der Waals surface area contributed by atoms with E-state index in [4.69, 9.17) is 29.1 Å². The first kappa shape index (κ1) is 19.4. The molecule has 15 heteroatoms. The molecular weight excluding hydrogens is 367 g/mol. The van der Waals surface area contributed by atoms with Gasteiger partial charge in [0.1, 0.15) is 24.0 Å². The van der Waals surface area contributed by atoms with E-state index in [1.165, 1.54) is 10.9 Å². The molecule has 0 amide bonds. The van der Waals surface area contributed by atoms with Gasteiger partial charge in [0.2, 0.25) is 0 Å². The Labute approximate surface area is 137 Å². The van der Waals surface area contributed by atoms with E-state index in [2.05, 4.69) is 9.97 Å². The van der Waals surface area contributed by atoms with Gasteiger partial charge in [0, 0.05) is 0 Å². The van der Waals surface area contributed by atoms with Gasteiger partial charge < -0.3 is 34.7 Å². The summed E-state index contributed by atoms with van der Waals surface area (Å²) in [6, 6.07) is 0. The second-order valence-corrected chi connectivity index (χ2v) is 6.03. The molecule has 8 N–H and O–H groups in total. The van der Waals surface area contributed by atoms with Gasteiger partial charge in [-0.1, -0.05) is 0 Å². The Morgan fingerprint density at radius 1 is 1.20 bits per heavy atom. The van der Waals surface area contributed by atoms with Crippen molar-refractivity contribution in [3.63, 3.8) is 0 Å². The molecule has 0 unspecified atom stereocenters. The van der Waals surface area contributed by atoms with Gasteiger partial charge in [-0.25, -0.2) is 14.3 Å². The van der Waals surface area contributed by atoms with Gasteiger partial charge in [-0.15, -0.1) is 0 Å². The molecule has 0 bridgehead atoms. The van der Waals surface area contributed by atoms with E-state index in [0.29, 0.717) is 0 Å². The number of H-pyrrole nitrogens is 2. The number of aromatic nitrogens is 4. The average Bonchev–Trinajstić information content (AvgIpc) is 3.00. The van der Waals surface area contributed by atoms with Crippen LogP contribution in [0.2, 0.25) is 0 Å². The number of fused-ring (bicyclic) bond motifs is 1. The minimum atomic E-state index is -4.64. The number of aliphatic hydroxyl groups excluding tert-OH is 3. The summed E-state index contributed by atoms with van der Waals surface area (Å²) in [5.41, 5.74) is -1.36. The van der Waals surface area contributed by atoms with Gasteiger partial charge in [0.05, 0.1) is 12.9 Å². The highest BCUT2D eigenvalue weighted by atomic mass is 31.2. The monoisotopic (exact) mass is 382 g/mol. The summed E-state index contributed by atoms with van der Waals surface area (Å²) in [5, 5.41) is 28.7. The van der Waals surface area contributed by atoms with Crippen molar-refractivity contribution in [2.45, 2.75) is 24.5 Å². The smallest absolute Gasteiger partial charge is 0.394 e. The van der Waals surface area contributed by atoms with Crippen LogP contribution in [0.3, 0.4) is 0 Å². The lowest BCUT2D eigenvalue weighted by Gasteiger charge is -2.16. The quantitative estimate of drug-likeness (QED) is 0.234. The lowest BCUT2D eigenvalue weighted by Crippen LogP contribution is -2.33. The zero-order valence-corrected chi connectivity index (χ0v) is 13.1. The minimum absolute atomic E-state index is 0.0256. The van der Waals surface area contributed by atoms with Crippen LogP contribution in [0, 0.1) is 0 Å². The van der Waals surface area contributed by atoms with E-state index < -0.39 is 50.2 Å². The van der Waals surface area contributed by atoms with Crippen LogP contribution >= 0.6 is 7.82 Å². The fraction of sp³-hybridized carbons (Fsp3) is 0.500. The molecule has 25 heavy (non-hydrogen) atoms. The number of phosphoric acid groups is 1. The number of nitrogens with one attached hydrogen (secondary N) is 2. The van der Waals surface area contributed by atoms with Crippen molar-refractivity contribution in [2.24, 2.45) is 0 Å². The van der Waals surface area contributed by atoms with Gasteiger partial charge in [-0.3, -0.25) is 19.3 Å². The van der Waals surface area contributed by atoms with E-state index in [9.17, 15) is 19.8 Å². The molecule has 1 saturated heterocycles. The molecule has 2 aromatic heterocycles. The number of imidazole rings is 1. The van der Waals surface area contributed by atoms with Crippen molar-refractivity contribution in [2.75, 3.05) is 6.61 Å². The van der Waals surface area contributed by atoms with Gasteiger partial charge in [-0.05, 0) is 0 Å². The van der Waals surface area contributed by atoms with Crippen molar-refractivity contribution in [3.05, 3.63) is 27.2 Å². The number of nitrogens with zero attached hydrogens (tertiary/aromatic N) is 2. The zero-order chi connectivity index (χ0) is 18.9. The molecule has 3 heterocycles. The van der Waals surface area contributed by atoms with Crippen molar-refractivity contribution >= 4 is 19.0 Å². The Morgan fingerprint density at radius 2 is 1.80 bits per heavy atom. The first-order valence-electron chi connectivity index (χ1n) is 6.62. The van der Waals surface area contributed by atoms with E-state index >= 15 is 0 Å². The summed E-state index contributed by atoms with van der Waals surface area (Å²) in [4.78, 5) is 52.6. The number of aromatic amines is 2. The number of hydrogen-bond acceptors (Lipinski definition) is 8. The van der Waals surface area contributed by atoms with Gasteiger partial charge in [-0.2, -0.15) is 0 Å². The fourth-order valence-electron chi connectivity index (χ4n) is 2.25. The SMILES string of the molecule is O=P(O)(O)O.O=c1[nH]c(=O)c2ncn([C@@H]3O[C@H](CO)[C@@H](O)[C@H]3O)c2[nH]1. The van der Waals surface area contributed by atoms with E-state index in [0.717, 1.165) is 0 Å². The highest BCUT2D eigenvalue weighted by Crippen LogP contribution is 2.30. The van der Waals surface area contributed by atoms with Crippen LogP contribution in [0.5, 0.6) is 0 Å². The third-order valence-electron chi connectivity index (χ3n) is 3.26. The summed E-state index contributed by atoms with van der Waals surface area (Å²) in [6.45, 7) is -0.474. The summed E-state index contributed by atoms with van der Waals surface area (Å²) in [7, 11) is -4.64. The molecule has 1 fully saturated rings. The molecule has 0 aromatic carbocycles. The van der Waals surface area contributed by atoms with Crippen LogP contribution in [0.15, 0.2) is 15.9 Å². The molecular formula is C10H15N4O10P. The highest BCUT2D eigenvalue weighted by Gasteiger charge is 2.43. The van der Waals surface area contributed by atoms with Gasteiger partial charge >= 0.3 is 13.5 Å². The molecule has 4 atom stereocenters. The zero-order valence-electron chi connectivity index (χ0n) is 12.3. The normalized spacial score (nSPS) is 26.5. The Hall–Kier alpha value is -1.90. The Balaban J connectivity index is 0.000000399. The predicted octanol–water partition coefficient (Wildman–Crippen LogP) is -3.90. The number of ether oxygens (including phenoxy) is 1. The summed E-state index contributed by atoms with van der Waals surface area (Å²) in [6.07, 6.45) is -3.43. The average molecular weight is 382 g/mol. The van der Waals surface area contributed by atoms with Crippen LogP contribution in [-0.4, -0.2) is 74.4 Å². The molecule has 0 radical (unpaired) electrons. The molecule has 1 aliphatic heterocycles. The van der Waals surface area contributed by atoms with Crippen molar-refractivity contribution < 1.29 is 39.3 Å². The maximum Gasteiger partial charge on any atom is 0.466 e. The maximum absolute atomic E-state index is 11.6. The Bertz CT molecular complexity index is 891. The van der Waals surface area contributed by atoms with Gasteiger partial charge in [0.25, 0.3) is 5.56 Å². The lowest BCUT2D eigenvalue weighted by atomic mass is 10.1. The van der Waals surface area contributed by atoms with Crippen molar-refractivity contribution in [1.29, 1.82) is 0 Å². The Kier molecular flexibility index (Phi) is 5.55. The molecule has 140 valence electrons. The van der Waals surface area contributed by atoms with Crippen LogP contribution in [0.1, 0.15) is 6.23 Å².